The summed E-state index contributed by atoms with van der Waals surface area (Å²) in [7, 11) is 0. The molecule has 0 spiro atoms. The van der Waals surface area contributed by atoms with Crippen molar-refractivity contribution in [2.45, 2.75) is 64.8 Å². The molecule has 0 radical (unpaired) electrons. The molecule has 2 nitrogen and oxygen atoms in total. The standard InChI is InChI=1S/C17H26FNO/c1-4-11(3)16-15(20)10-12-6-7-13(19-5-2)8-9-14(12)17(16)18/h10-11,13,19-20H,4-9H2,1-3H3. The molecule has 1 aromatic rings. The number of benzene rings is 1. The van der Waals surface area contributed by atoms with Gasteiger partial charge in [-0.05, 0) is 61.8 Å². The van der Waals surface area contributed by atoms with Crippen LogP contribution in [0.25, 0.3) is 0 Å². The van der Waals surface area contributed by atoms with Gasteiger partial charge in [-0.25, -0.2) is 4.39 Å². The smallest absolute Gasteiger partial charge is 0.133 e. The third kappa shape index (κ3) is 2.98. The van der Waals surface area contributed by atoms with E-state index in [-0.39, 0.29) is 17.5 Å². The van der Waals surface area contributed by atoms with Crippen molar-refractivity contribution in [2.75, 3.05) is 6.54 Å². The molecule has 2 unspecified atom stereocenters. The van der Waals surface area contributed by atoms with Crippen LogP contribution in [0.5, 0.6) is 5.75 Å². The van der Waals surface area contributed by atoms with E-state index in [0.29, 0.717) is 11.6 Å². The summed E-state index contributed by atoms with van der Waals surface area (Å²) in [5.41, 5.74) is 2.33. The molecule has 0 saturated carbocycles. The second-order valence-electron chi connectivity index (χ2n) is 5.90. The Labute approximate surface area is 121 Å². The fourth-order valence-electron chi connectivity index (χ4n) is 3.20. The largest absolute Gasteiger partial charge is 0.508 e. The van der Waals surface area contributed by atoms with Gasteiger partial charge in [-0.2, -0.15) is 0 Å². The van der Waals surface area contributed by atoms with Crippen molar-refractivity contribution in [3.05, 3.63) is 28.6 Å². The van der Waals surface area contributed by atoms with E-state index < -0.39 is 0 Å². The third-order valence-corrected chi connectivity index (χ3v) is 4.58. The fourth-order valence-corrected chi connectivity index (χ4v) is 3.20. The molecule has 1 aliphatic rings. The minimum atomic E-state index is -0.161. The third-order valence-electron chi connectivity index (χ3n) is 4.58. The first-order chi connectivity index (χ1) is 9.58. The van der Waals surface area contributed by atoms with Crippen LogP contribution in [-0.4, -0.2) is 17.7 Å². The van der Waals surface area contributed by atoms with Gasteiger partial charge in [0.1, 0.15) is 11.6 Å². The van der Waals surface area contributed by atoms with Crippen LogP contribution in [0.4, 0.5) is 4.39 Å². The quantitative estimate of drug-likeness (QED) is 0.819. The molecule has 1 aromatic carbocycles. The van der Waals surface area contributed by atoms with Gasteiger partial charge in [0, 0.05) is 11.6 Å². The van der Waals surface area contributed by atoms with Crippen molar-refractivity contribution >= 4 is 0 Å². The molecular formula is C17H26FNO. The van der Waals surface area contributed by atoms with Crippen LogP contribution in [0.2, 0.25) is 0 Å². The molecule has 1 aliphatic carbocycles. The van der Waals surface area contributed by atoms with Crippen LogP contribution >= 0.6 is 0 Å². The molecule has 112 valence electrons. The molecule has 0 aliphatic heterocycles. The van der Waals surface area contributed by atoms with E-state index in [1.807, 2.05) is 13.8 Å². The van der Waals surface area contributed by atoms with Crippen molar-refractivity contribution < 1.29 is 9.50 Å². The molecule has 2 N–H and O–H groups in total. The second kappa shape index (κ2) is 6.57. The van der Waals surface area contributed by atoms with Gasteiger partial charge in [0.25, 0.3) is 0 Å². The first-order valence-corrected chi connectivity index (χ1v) is 7.84. The zero-order valence-corrected chi connectivity index (χ0v) is 12.8. The van der Waals surface area contributed by atoms with Gasteiger partial charge >= 0.3 is 0 Å². The van der Waals surface area contributed by atoms with Crippen LogP contribution in [0.3, 0.4) is 0 Å². The molecule has 0 fully saturated rings. The minimum Gasteiger partial charge on any atom is -0.508 e. The maximum Gasteiger partial charge on any atom is 0.133 e. The highest BCUT2D eigenvalue weighted by Gasteiger charge is 2.24. The Balaban J connectivity index is 2.34. The molecular weight excluding hydrogens is 253 g/mol. The summed E-state index contributed by atoms with van der Waals surface area (Å²) in [4.78, 5) is 0. The number of rotatable bonds is 4. The van der Waals surface area contributed by atoms with E-state index >= 15 is 0 Å². The number of phenols is 1. The lowest BCUT2D eigenvalue weighted by atomic mass is 9.91. The molecule has 0 bridgehead atoms. The molecule has 0 amide bonds. The zero-order chi connectivity index (χ0) is 14.7. The van der Waals surface area contributed by atoms with Crippen molar-refractivity contribution in [1.82, 2.24) is 5.32 Å². The molecule has 0 saturated heterocycles. The monoisotopic (exact) mass is 279 g/mol. The van der Waals surface area contributed by atoms with Gasteiger partial charge in [-0.1, -0.05) is 20.8 Å². The van der Waals surface area contributed by atoms with E-state index in [1.165, 1.54) is 0 Å². The predicted octanol–water partition coefficient (Wildman–Crippen LogP) is 3.90. The number of aryl methyl sites for hydroxylation is 1. The maximum absolute atomic E-state index is 14.8. The maximum atomic E-state index is 14.8. The summed E-state index contributed by atoms with van der Waals surface area (Å²) < 4.78 is 14.8. The lowest BCUT2D eigenvalue weighted by molar-refractivity contribution is 0.446. The van der Waals surface area contributed by atoms with Crippen molar-refractivity contribution in [1.29, 1.82) is 0 Å². The topological polar surface area (TPSA) is 32.3 Å². The van der Waals surface area contributed by atoms with Crippen LogP contribution in [-0.2, 0) is 12.8 Å². The Morgan fingerprint density at radius 2 is 2.05 bits per heavy atom. The first kappa shape index (κ1) is 15.3. The van der Waals surface area contributed by atoms with Crippen LogP contribution < -0.4 is 5.32 Å². The van der Waals surface area contributed by atoms with E-state index in [2.05, 4.69) is 12.2 Å². The Kier molecular flexibility index (Phi) is 5.03. The summed E-state index contributed by atoms with van der Waals surface area (Å²) in [6.45, 7) is 7.05. The van der Waals surface area contributed by atoms with Crippen molar-refractivity contribution in [2.24, 2.45) is 0 Å². The summed E-state index contributed by atoms with van der Waals surface area (Å²) >= 11 is 0. The van der Waals surface area contributed by atoms with E-state index in [0.717, 1.165) is 49.8 Å². The average molecular weight is 279 g/mol. The summed E-state index contributed by atoms with van der Waals surface area (Å²) in [6, 6.07) is 2.26. The number of nitrogens with one attached hydrogen (secondary N) is 1. The Hall–Kier alpha value is -1.09. The van der Waals surface area contributed by atoms with Gasteiger partial charge in [0.05, 0.1) is 0 Å². The second-order valence-corrected chi connectivity index (χ2v) is 5.90. The number of fused-ring (bicyclic) bond motifs is 1. The van der Waals surface area contributed by atoms with E-state index in [4.69, 9.17) is 0 Å². The lowest BCUT2D eigenvalue weighted by Gasteiger charge is -2.17. The van der Waals surface area contributed by atoms with Gasteiger partial charge in [-0.15, -0.1) is 0 Å². The normalized spacial score (nSPS) is 20.3. The molecule has 0 heterocycles. The van der Waals surface area contributed by atoms with Crippen LogP contribution in [0, 0.1) is 5.82 Å². The van der Waals surface area contributed by atoms with E-state index in [1.54, 1.807) is 6.07 Å². The predicted molar refractivity (Wildman–Crippen MR) is 80.9 cm³/mol. The minimum absolute atomic E-state index is 0.0631. The Morgan fingerprint density at radius 3 is 2.70 bits per heavy atom. The van der Waals surface area contributed by atoms with E-state index in [9.17, 15) is 9.50 Å². The molecule has 0 aromatic heterocycles. The average Bonchev–Trinajstić information content (AvgIpc) is 2.62. The molecule has 20 heavy (non-hydrogen) atoms. The fraction of sp³-hybridized carbons (Fsp3) is 0.647. The molecule has 2 atom stereocenters. The summed E-state index contributed by atoms with van der Waals surface area (Å²) in [5, 5.41) is 13.6. The van der Waals surface area contributed by atoms with Crippen LogP contribution in [0.1, 0.15) is 62.6 Å². The molecule has 3 heteroatoms. The highest BCUT2D eigenvalue weighted by Crippen LogP contribution is 2.36. The highest BCUT2D eigenvalue weighted by atomic mass is 19.1. The molecule has 2 rings (SSSR count). The van der Waals surface area contributed by atoms with Gasteiger partial charge in [-0.3, -0.25) is 0 Å². The number of hydrogen-bond donors (Lipinski definition) is 2. The Bertz CT molecular complexity index is 473. The summed E-state index contributed by atoms with van der Waals surface area (Å²) in [6.07, 6.45) is 4.44. The van der Waals surface area contributed by atoms with Crippen molar-refractivity contribution in [3.8, 4) is 5.75 Å². The lowest BCUT2D eigenvalue weighted by Crippen LogP contribution is -2.28. The summed E-state index contributed by atoms with van der Waals surface area (Å²) in [5.74, 6) is 0.0390. The Morgan fingerprint density at radius 1 is 1.35 bits per heavy atom. The SMILES string of the molecule is CCNC1CCc2cc(O)c(C(C)CC)c(F)c2CC1. The highest BCUT2D eigenvalue weighted by molar-refractivity contribution is 5.45. The number of halogens is 1. The number of hydrogen-bond acceptors (Lipinski definition) is 2. The van der Waals surface area contributed by atoms with Gasteiger partial charge in [0.2, 0.25) is 0 Å². The van der Waals surface area contributed by atoms with Crippen molar-refractivity contribution in [3.63, 3.8) is 0 Å². The zero-order valence-electron chi connectivity index (χ0n) is 12.8. The number of phenolic OH excluding ortho intramolecular Hbond substituents is 1. The number of aromatic hydroxyl groups is 1. The van der Waals surface area contributed by atoms with Gasteiger partial charge in [0.15, 0.2) is 0 Å². The van der Waals surface area contributed by atoms with Gasteiger partial charge < -0.3 is 10.4 Å². The van der Waals surface area contributed by atoms with Crippen LogP contribution in [0.15, 0.2) is 6.07 Å². The first-order valence-electron chi connectivity index (χ1n) is 7.84.